The number of halogens is 1. The Morgan fingerprint density at radius 2 is 2.06 bits per heavy atom. The lowest BCUT2D eigenvalue weighted by molar-refractivity contribution is -0.119. The molecule has 0 N–H and O–H groups in total. The van der Waals surface area contributed by atoms with Crippen LogP contribution in [0.5, 0.6) is 0 Å². The Kier molecular flexibility index (Phi) is 5.54. The molecule has 0 aliphatic rings. The van der Waals surface area contributed by atoms with E-state index in [1.807, 2.05) is 26.0 Å². The van der Waals surface area contributed by atoms with Gasteiger partial charge in [-0.05, 0) is 43.4 Å². The molecule has 88 valence electrons. The van der Waals surface area contributed by atoms with Crippen LogP contribution >= 0.6 is 11.6 Å². The van der Waals surface area contributed by atoms with E-state index >= 15 is 0 Å². The summed E-state index contributed by atoms with van der Waals surface area (Å²) >= 11 is 5.95. The monoisotopic (exact) mass is 238 g/mol. The van der Waals surface area contributed by atoms with Gasteiger partial charge in [0, 0.05) is 17.9 Å². The topological polar surface area (TPSA) is 17.1 Å². The maximum atomic E-state index is 11.3. The van der Waals surface area contributed by atoms with Gasteiger partial charge in [-0.25, -0.2) is 0 Å². The first-order chi connectivity index (χ1) is 7.63. The van der Waals surface area contributed by atoms with Gasteiger partial charge in [0.25, 0.3) is 0 Å². The lowest BCUT2D eigenvalue weighted by Crippen LogP contribution is -1.98. The van der Waals surface area contributed by atoms with Crippen LogP contribution in [0.3, 0.4) is 0 Å². The fourth-order valence-corrected chi connectivity index (χ4v) is 1.87. The van der Waals surface area contributed by atoms with Crippen LogP contribution < -0.4 is 0 Å². The fourth-order valence-electron chi connectivity index (χ4n) is 1.76. The van der Waals surface area contributed by atoms with Crippen molar-refractivity contribution in [3.63, 3.8) is 0 Å². The number of hydrogen-bond donors (Lipinski definition) is 0. The molecule has 1 aromatic rings. The molecule has 2 heteroatoms. The van der Waals surface area contributed by atoms with E-state index < -0.39 is 0 Å². The lowest BCUT2D eigenvalue weighted by Gasteiger charge is -2.04. The summed E-state index contributed by atoms with van der Waals surface area (Å²) < 4.78 is 0. The van der Waals surface area contributed by atoms with Gasteiger partial charge in [0.05, 0.1) is 0 Å². The van der Waals surface area contributed by atoms with Crippen LogP contribution in [-0.4, -0.2) is 5.78 Å². The van der Waals surface area contributed by atoms with Crippen molar-refractivity contribution >= 4 is 17.4 Å². The summed E-state index contributed by atoms with van der Waals surface area (Å²) in [5.74, 6) is 0.383. The van der Waals surface area contributed by atoms with Gasteiger partial charge < -0.3 is 0 Å². The average molecular weight is 239 g/mol. The van der Waals surface area contributed by atoms with Crippen LogP contribution in [0.2, 0.25) is 5.02 Å². The highest BCUT2D eigenvalue weighted by Crippen LogP contribution is 2.17. The smallest absolute Gasteiger partial charge is 0.132 e. The third kappa shape index (κ3) is 4.36. The second kappa shape index (κ2) is 6.70. The summed E-state index contributed by atoms with van der Waals surface area (Å²) in [6.07, 6.45) is 4.29. The predicted molar refractivity (Wildman–Crippen MR) is 69.0 cm³/mol. The van der Waals surface area contributed by atoms with E-state index in [1.165, 1.54) is 5.56 Å². The largest absolute Gasteiger partial charge is 0.300 e. The van der Waals surface area contributed by atoms with Crippen molar-refractivity contribution in [3.8, 4) is 0 Å². The summed E-state index contributed by atoms with van der Waals surface area (Å²) in [6.45, 7) is 4.05. The SMILES string of the molecule is CCCC(=O)CCCc1ccc(Cl)c(C)c1. The van der Waals surface area contributed by atoms with Gasteiger partial charge in [0.15, 0.2) is 0 Å². The van der Waals surface area contributed by atoms with E-state index in [2.05, 4.69) is 6.07 Å². The number of Topliss-reactive ketones (excluding diaryl/α,β-unsaturated/α-hetero) is 1. The van der Waals surface area contributed by atoms with Gasteiger partial charge in [-0.15, -0.1) is 0 Å². The van der Waals surface area contributed by atoms with E-state index in [9.17, 15) is 4.79 Å². The van der Waals surface area contributed by atoms with Gasteiger partial charge in [-0.2, -0.15) is 0 Å². The molecule has 0 amide bonds. The van der Waals surface area contributed by atoms with Crippen LogP contribution in [0.4, 0.5) is 0 Å². The van der Waals surface area contributed by atoms with E-state index in [4.69, 9.17) is 11.6 Å². The Morgan fingerprint density at radius 3 is 2.69 bits per heavy atom. The summed E-state index contributed by atoms with van der Waals surface area (Å²) in [5, 5.41) is 0.811. The molecule has 0 bridgehead atoms. The summed E-state index contributed by atoms with van der Waals surface area (Å²) in [7, 11) is 0. The Bertz CT molecular complexity index is 358. The Labute approximate surface area is 103 Å². The third-order valence-corrected chi connectivity index (χ3v) is 3.10. The van der Waals surface area contributed by atoms with Crippen molar-refractivity contribution in [1.82, 2.24) is 0 Å². The molecule has 0 aromatic heterocycles. The molecule has 16 heavy (non-hydrogen) atoms. The van der Waals surface area contributed by atoms with Crippen molar-refractivity contribution in [3.05, 3.63) is 34.3 Å². The summed E-state index contributed by atoms with van der Waals surface area (Å²) in [4.78, 5) is 11.3. The second-order valence-electron chi connectivity index (χ2n) is 4.23. The van der Waals surface area contributed by atoms with Gasteiger partial charge >= 0.3 is 0 Å². The normalized spacial score (nSPS) is 10.4. The summed E-state index contributed by atoms with van der Waals surface area (Å²) in [5.41, 5.74) is 2.38. The zero-order valence-electron chi connectivity index (χ0n) is 10.1. The third-order valence-electron chi connectivity index (χ3n) is 2.67. The molecule has 0 saturated carbocycles. The maximum absolute atomic E-state index is 11.3. The molecule has 0 atom stereocenters. The quantitative estimate of drug-likeness (QED) is 0.721. The van der Waals surface area contributed by atoms with Gasteiger partial charge in [-0.3, -0.25) is 4.79 Å². The Hall–Kier alpha value is -0.820. The molecule has 1 nitrogen and oxygen atoms in total. The van der Waals surface area contributed by atoms with Crippen LogP contribution in [-0.2, 0) is 11.2 Å². The maximum Gasteiger partial charge on any atom is 0.132 e. The number of hydrogen-bond acceptors (Lipinski definition) is 1. The molecule has 0 aliphatic carbocycles. The van der Waals surface area contributed by atoms with Crippen LogP contribution in [0.25, 0.3) is 0 Å². The highest BCUT2D eigenvalue weighted by Gasteiger charge is 2.02. The standard InChI is InChI=1S/C14H19ClO/c1-3-5-13(16)7-4-6-12-8-9-14(15)11(2)10-12/h8-10H,3-7H2,1-2H3. The minimum absolute atomic E-state index is 0.383. The van der Waals surface area contributed by atoms with Crippen molar-refractivity contribution in [2.75, 3.05) is 0 Å². The molecule has 1 aromatic carbocycles. The van der Waals surface area contributed by atoms with Crippen LogP contribution in [0.1, 0.15) is 43.7 Å². The number of carbonyl (C=O) groups excluding carboxylic acids is 1. The molecular weight excluding hydrogens is 220 g/mol. The van der Waals surface area contributed by atoms with Gasteiger partial charge in [-0.1, -0.05) is 30.7 Å². The second-order valence-corrected chi connectivity index (χ2v) is 4.63. The molecule has 0 heterocycles. The van der Waals surface area contributed by atoms with Crippen LogP contribution in [0, 0.1) is 6.92 Å². The number of aryl methyl sites for hydroxylation is 2. The molecule has 0 saturated heterocycles. The van der Waals surface area contributed by atoms with Crippen molar-refractivity contribution in [2.45, 2.75) is 46.0 Å². The molecule has 0 unspecified atom stereocenters. The first kappa shape index (κ1) is 13.2. The number of rotatable bonds is 6. The van der Waals surface area contributed by atoms with Gasteiger partial charge in [0.1, 0.15) is 5.78 Å². The van der Waals surface area contributed by atoms with E-state index in [1.54, 1.807) is 0 Å². The van der Waals surface area contributed by atoms with E-state index in [0.29, 0.717) is 12.2 Å². The summed E-state index contributed by atoms with van der Waals surface area (Å²) in [6, 6.07) is 6.08. The zero-order valence-corrected chi connectivity index (χ0v) is 10.8. The Morgan fingerprint density at radius 1 is 1.31 bits per heavy atom. The average Bonchev–Trinajstić information content (AvgIpc) is 2.24. The highest BCUT2D eigenvalue weighted by atomic mass is 35.5. The molecular formula is C14H19ClO. The number of benzene rings is 1. The molecule has 0 aliphatic heterocycles. The minimum Gasteiger partial charge on any atom is -0.300 e. The number of ketones is 1. The van der Waals surface area contributed by atoms with E-state index in [0.717, 1.165) is 36.3 Å². The fraction of sp³-hybridized carbons (Fsp3) is 0.500. The van der Waals surface area contributed by atoms with Crippen molar-refractivity contribution in [2.24, 2.45) is 0 Å². The first-order valence-electron chi connectivity index (χ1n) is 5.90. The van der Waals surface area contributed by atoms with Crippen LogP contribution in [0.15, 0.2) is 18.2 Å². The highest BCUT2D eigenvalue weighted by molar-refractivity contribution is 6.31. The molecule has 0 radical (unpaired) electrons. The van der Waals surface area contributed by atoms with Crippen molar-refractivity contribution in [1.29, 1.82) is 0 Å². The van der Waals surface area contributed by atoms with E-state index in [-0.39, 0.29) is 0 Å². The minimum atomic E-state index is 0.383. The lowest BCUT2D eigenvalue weighted by atomic mass is 10.0. The molecule has 0 fully saturated rings. The first-order valence-corrected chi connectivity index (χ1v) is 6.28. The number of carbonyl (C=O) groups is 1. The molecule has 0 spiro atoms. The Balaban J connectivity index is 2.37. The predicted octanol–water partition coefficient (Wildman–Crippen LogP) is 4.34. The zero-order chi connectivity index (χ0) is 12.0. The molecule has 1 rings (SSSR count). The van der Waals surface area contributed by atoms with Crippen molar-refractivity contribution < 1.29 is 4.79 Å². The van der Waals surface area contributed by atoms with Gasteiger partial charge in [0.2, 0.25) is 0 Å².